The third kappa shape index (κ3) is 4.30. The molecule has 1 aromatic rings. The van der Waals surface area contributed by atoms with E-state index in [0.29, 0.717) is 4.90 Å². The van der Waals surface area contributed by atoms with Gasteiger partial charge in [0, 0.05) is 12.8 Å². The number of nitrogens with zero attached hydrogens (tertiary/aromatic N) is 1. The van der Waals surface area contributed by atoms with Gasteiger partial charge in [0.15, 0.2) is 9.84 Å². The molecule has 1 aromatic carbocycles. The van der Waals surface area contributed by atoms with Crippen LogP contribution in [-0.4, -0.2) is 45.6 Å². The Morgan fingerprint density at radius 1 is 1.32 bits per heavy atom. The van der Waals surface area contributed by atoms with Crippen LogP contribution in [0.1, 0.15) is 31.4 Å². The Balaban J connectivity index is 1.99. The lowest BCUT2D eigenvalue weighted by Gasteiger charge is -2.29. The van der Waals surface area contributed by atoms with Crippen molar-refractivity contribution in [3.8, 4) is 0 Å². The fourth-order valence-corrected chi connectivity index (χ4v) is 3.43. The van der Waals surface area contributed by atoms with Crippen LogP contribution in [0, 0.1) is 5.92 Å². The van der Waals surface area contributed by atoms with Crippen LogP contribution >= 0.6 is 0 Å². The average molecular weight is 324 g/mol. The Bertz CT molecular complexity index is 625. The highest BCUT2D eigenvalue weighted by molar-refractivity contribution is 7.90. The molecule has 1 saturated heterocycles. The van der Waals surface area contributed by atoms with E-state index in [-0.39, 0.29) is 17.9 Å². The van der Waals surface area contributed by atoms with E-state index in [9.17, 15) is 13.2 Å². The van der Waals surface area contributed by atoms with Gasteiger partial charge in [-0.15, -0.1) is 0 Å². The van der Waals surface area contributed by atoms with Crippen molar-refractivity contribution in [2.75, 3.05) is 26.4 Å². The molecule has 1 aliphatic heterocycles. The minimum absolute atomic E-state index is 0.0384. The molecule has 1 aliphatic rings. The van der Waals surface area contributed by atoms with Gasteiger partial charge in [0.05, 0.1) is 16.9 Å². The van der Waals surface area contributed by atoms with Crippen LogP contribution in [0.3, 0.4) is 0 Å². The molecule has 0 saturated carbocycles. The maximum absolute atomic E-state index is 12.3. The lowest BCUT2D eigenvalue weighted by Crippen LogP contribution is -2.42. The Morgan fingerprint density at radius 2 is 1.95 bits per heavy atom. The number of hydrogen-bond acceptors (Lipinski definition) is 4. The molecule has 1 heterocycles. The normalized spacial score (nSPS) is 21.3. The van der Waals surface area contributed by atoms with Crippen molar-refractivity contribution in [1.82, 2.24) is 10.2 Å². The van der Waals surface area contributed by atoms with Crippen molar-refractivity contribution in [3.63, 3.8) is 0 Å². The zero-order chi connectivity index (χ0) is 16.3. The highest BCUT2D eigenvalue weighted by Crippen LogP contribution is 2.19. The molecule has 1 fully saturated rings. The number of sulfone groups is 1. The standard InChI is InChI=1S/C16H24N2O3S/c1-12(13-6-8-15(9-7-13)22(3,20)21)17-16(19)14-5-4-10-18(2)11-14/h6-9,12,14H,4-5,10-11H2,1-3H3,(H,17,19)/t12-,14-/m0/s1. The van der Waals surface area contributed by atoms with E-state index in [1.54, 1.807) is 24.3 Å². The van der Waals surface area contributed by atoms with E-state index in [1.165, 1.54) is 6.26 Å². The molecule has 0 spiro atoms. The molecule has 0 aromatic heterocycles. The van der Waals surface area contributed by atoms with Crippen LogP contribution in [0.2, 0.25) is 0 Å². The minimum atomic E-state index is -3.18. The van der Waals surface area contributed by atoms with Crippen molar-refractivity contribution in [2.24, 2.45) is 5.92 Å². The molecule has 122 valence electrons. The molecule has 6 heteroatoms. The number of carbonyl (C=O) groups excluding carboxylic acids is 1. The fourth-order valence-electron chi connectivity index (χ4n) is 2.80. The van der Waals surface area contributed by atoms with Crippen LogP contribution < -0.4 is 5.32 Å². The number of hydrogen-bond donors (Lipinski definition) is 1. The summed E-state index contributed by atoms with van der Waals surface area (Å²) >= 11 is 0. The second-order valence-electron chi connectivity index (χ2n) is 6.17. The largest absolute Gasteiger partial charge is 0.349 e. The van der Waals surface area contributed by atoms with E-state index >= 15 is 0 Å². The fraction of sp³-hybridized carbons (Fsp3) is 0.562. The Morgan fingerprint density at radius 3 is 2.50 bits per heavy atom. The molecule has 5 nitrogen and oxygen atoms in total. The molecule has 2 rings (SSSR count). The van der Waals surface area contributed by atoms with Crippen molar-refractivity contribution >= 4 is 15.7 Å². The molecule has 0 radical (unpaired) electrons. The van der Waals surface area contributed by atoms with Gasteiger partial charge in [-0.3, -0.25) is 4.79 Å². The average Bonchev–Trinajstić information content (AvgIpc) is 2.46. The number of carbonyl (C=O) groups is 1. The number of nitrogens with one attached hydrogen (secondary N) is 1. The summed E-state index contributed by atoms with van der Waals surface area (Å²) in [5, 5.41) is 3.03. The summed E-state index contributed by atoms with van der Waals surface area (Å²) in [7, 11) is -1.15. The first kappa shape index (κ1) is 17.0. The Hall–Kier alpha value is -1.40. The van der Waals surface area contributed by atoms with Gasteiger partial charge >= 0.3 is 0 Å². The molecule has 0 bridgehead atoms. The smallest absolute Gasteiger partial charge is 0.224 e. The summed E-state index contributed by atoms with van der Waals surface area (Å²) in [4.78, 5) is 14.8. The Kier molecular flexibility index (Phi) is 5.24. The van der Waals surface area contributed by atoms with Crippen LogP contribution in [-0.2, 0) is 14.6 Å². The van der Waals surface area contributed by atoms with Crippen LogP contribution in [0.25, 0.3) is 0 Å². The van der Waals surface area contributed by atoms with E-state index in [4.69, 9.17) is 0 Å². The number of benzene rings is 1. The van der Waals surface area contributed by atoms with E-state index in [1.807, 2.05) is 14.0 Å². The lowest BCUT2D eigenvalue weighted by molar-refractivity contribution is -0.127. The maximum atomic E-state index is 12.3. The third-order valence-electron chi connectivity index (χ3n) is 4.16. The van der Waals surface area contributed by atoms with Gasteiger partial charge in [0.2, 0.25) is 5.91 Å². The van der Waals surface area contributed by atoms with Gasteiger partial charge in [0.1, 0.15) is 0 Å². The molecular weight excluding hydrogens is 300 g/mol. The van der Waals surface area contributed by atoms with Crippen molar-refractivity contribution in [2.45, 2.75) is 30.7 Å². The van der Waals surface area contributed by atoms with E-state index in [0.717, 1.165) is 31.5 Å². The summed E-state index contributed by atoms with van der Waals surface area (Å²) in [6.45, 7) is 3.76. The molecule has 2 atom stereocenters. The number of amides is 1. The van der Waals surface area contributed by atoms with Crippen molar-refractivity contribution in [1.29, 1.82) is 0 Å². The van der Waals surface area contributed by atoms with Crippen molar-refractivity contribution in [3.05, 3.63) is 29.8 Å². The monoisotopic (exact) mass is 324 g/mol. The summed E-state index contributed by atoms with van der Waals surface area (Å²) in [5.74, 6) is 0.114. The molecule has 22 heavy (non-hydrogen) atoms. The van der Waals surface area contributed by atoms with Crippen LogP contribution in [0.5, 0.6) is 0 Å². The first-order chi connectivity index (χ1) is 10.3. The molecule has 1 N–H and O–H groups in total. The van der Waals surface area contributed by atoms with Gasteiger partial charge < -0.3 is 10.2 Å². The second-order valence-corrected chi connectivity index (χ2v) is 8.19. The molecular formula is C16H24N2O3S. The predicted molar refractivity (Wildman–Crippen MR) is 86.3 cm³/mol. The maximum Gasteiger partial charge on any atom is 0.224 e. The zero-order valence-electron chi connectivity index (χ0n) is 13.4. The quantitative estimate of drug-likeness (QED) is 0.914. The number of likely N-dealkylation sites (tertiary alicyclic amines) is 1. The summed E-state index contributed by atoms with van der Waals surface area (Å²) in [6, 6.07) is 6.56. The number of rotatable bonds is 4. The van der Waals surface area contributed by atoms with Crippen molar-refractivity contribution < 1.29 is 13.2 Å². The van der Waals surface area contributed by atoms with Gasteiger partial charge in [-0.05, 0) is 51.1 Å². The van der Waals surface area contributed by atoms with Gasteiger partial charge in [-0.1, -0.05) is 12.1 Å². The molecule has 1 amide bonds. The van der Waals surface area contributed by atoms with Gasteiger partial charge in [-0.2, -0.15) is 0 Å². The first-order valence-electron chi connectivity index (χ1n) is 7.56. The highest BCUT2D eigenvalue weighted by Gasteiger charge is 2.25. The zero-order valence-corrected chi connectivity index (χ0v) is 14.2. The third-order valence-corrected chi connectivity index (χ3v) is 5.29. The topological polar surface area (TPSA) is 66.5 Å². The lowest BCUT2D eigenvalue weighted by atomic mass is 9.97. The van der Waals surface area contributed by atoms with Crippen LogP contribution in [0.4, 0.5) is 0 Å². The number of piperidine rings is 1. The second kappa shape index (κ2) is 6.79. The summed E-state index contributed by atoms with van der Waals surface area (Å²) in [5.41, 5.74) is 0.907. The van der Waals surface area contributed by atoms with Gasteiger partial charge in [0.25, 0.3) is 0 Å². The minimum Gasteiger partial charge on any atom is -0.349 e. The van der Waals surface area contributed by atoms with E-state index < -0.39 is 9.84 Å². The predicted octanol–water partition coefficient (Wildman–Crippen LogP) is 1.61. The van der Waals surface area contributed by atoms with Crippen LogP contribution in [0.15, 0.2) is 29.2 Å². The highest BCUT2D eigenvalue weighted by atomic mass is 32.2. The molecule has 0 unspecified atom stereocenters. The van der Waals surface area contributed by atoms with E-state index in [2.05, 4.69) is 10.2 Å². The van der Waals surface area contributed by atoms with Gasteiger partial charge in [-0.25, -0.2) is 8.42 Å². The SMILES string of the molecule is C[C@H](NC(=O)[C@H]1CCCN(C)C1)c1ccc(S(C)(=O)=O)cc1. The summed E-state index contributed by atoms with van der Waals surface area (Å²) in [6.07, 6.45) is 3.16. The first-order valence-corrected chi connectivity index (χ1v) is 9.45. The summed E-state index contributed by atoms with van der Waals surface area (Å²) < 4.78 is 22.9. The molecule has 0 aliphatic carbocycles. The Labute approximate surface area is 132 Å².